The molecule has 10 heteroatoms. The fraction of sp³-hybridized carbons (Fsp3) is 0.214. The molecule has 0 unspecified atom stereocenters. The van der Waals surface area contributed by atoms with Crippen LogP contribution in [0.2, 0.25) is 0 Å². The first-order valence-electron chi connectivity index (χ1n) is 12.1. The van der Waals surface area contributed by atoms with Gasteiger partial charge in [-0.15, -0.1) is 11.3 Å². The molecular formula is C28H22F3N5OS. The van der Waals surface area contributed by atoms with Gasteiger partial charge in [-0.25, -0.2) is 9.97 Å². The van der Waals surface area contributed by atoms with E-state index in [0.29, 0.717) is 34.1 Å². The normalized spacial score (nSPS) is 13.7. The van der Waals surface area contributed by atoms with E-state index in [1.54, 1.807) is 23.7 Å². The highest BCUT2D eigenvalue weighted by atomic mass is 32.1. The maximum Gasteiger partial charge on any atom is 0.416 e. The average molecular weight is 534 g/mol. The van der Waals surface area contributed by atoms with Crippen LogP contribution >= 0.6 is 11.3 Å². The highest BCUT2D eigenvalue weighted by Crippen LogP contribution is 2.35. The predicted octanol–water partition coefficient (Wildman–Crippen LogP) is 6.98. The Labute approximate surface area is 220 Å². The van der Waals surface area contributed by atoms with Gasteiger partial charge in [0.1, 0.15) is 12.1 Å². The molecule has 0 atom stereocenters. The molecule has 6 nitrogen and oxygen atoms in total. The van der Waals surface area contributed by atoms with Gasteiger partial charge in [0.2, 0.25) is 0 Å². The second kappa shape index (κ2) is 9.36. The number of aryl methyl sites for hydroxylation is 1. The number of hydrogen-bond acceptors (Lipinski definition) is 6. The lowest BCUT2D eigenvalue weighted by molar-refractivity contribution is -0.137. The van der Waals surface area contributed by atoms with Gasteiger partial charge in [-0.3, -0.25) is 9.78 Å². The summed E-state index contributed by atoms with van der Waals surface area (Å²) < 4.78 is 40.5. The first kappa shape index (κ1) is 24.3. The minimum absolute atomic E-state index is 0.223. The van der Waals surface area contributed by atoms with Crippen molar-refractivity contribution in [3.8, 4) is 0 Å². The molecule has 6 rings (SSSR count). The molecule has 0 bridgehead atoms. The second-order valence-electron chi connectivity index (χ2n) is 9.41. The Morgan fingerprint density at radius 3 is 2.71 bits per heavy atom. The number of anilines is 2. The van der Waals surface area contributed by atoms with Gasteiger partial charge < -0.3 is 10.6 Å². The Hall–Kier alpha value is -4.05. The van der Waals surface area contributed by atoms with Crippen molar-refractivity contribution in [2.75, 3.05) is 10.6 Å². The van der Waals surface area contributed by atoms with E-state index < -0.39 is 11.7 Å². The molecule has 3 aromatic heterocycles. The second-order valence-corrected chi connectivity index (χ2v) is 10.3. The number of pyridine rings is 1. The van der Waals surface area contributed by atoms with Crippen LogP contribution in [0.3, 0.4) is 0 Å². The molecule has 5 aromatic rings. The molecule has 1 aliphatic rings. The predicted molar refractivity (Wildman–Crippen MR) is 143 cm³/mol. The van der Waals surface area contributed by atoms with Crippen LogP contribution in [0.15, 0.2) is 60.4 Å². The van der Waals surface area contributed by atoms with Crippen molar-refractivity contribution < 1.29 is 18.0 Å². The fourth-order valence-corrected chi connectivity index (χ4v) is 5.45. The molecule has 0 radical (unpaired) electrons. The number of aromatic nitrogens is 3. The van der Waals surface area contributed by atoms with Crippen LogP contribution in [-0.2, 0) is 12.6 Å². The van der Waals surface area contributed by atoms with Crippen molar-refractivity contribution in [2.45, 2.75) is 38.4 Å². The van der Waals surface area contributed by atoms with E-state index in [1.165, 1.54) is 23.7 Å². The van der Waals surface area contributed by atoms with E-state index >= 15 is 0 Å². The summed E-state index contributed by atoms with van der Waals surface area (Å²) in [6.45, 7) is 1.90. The number of nitrogens with zero attached hydrogens (tertiary/aromatic N) is 3. The van der Waals surface area contributed by atoms with E-state index in [2.05, 4.69) is 25.6 Å². The maximum absolute atomic E-state index is 13.4. The van der Waals surface area contributed by atoms with Crippen molar-refractivity contribution >= 4 is 49.7 Å². The van der Waals surface area contributed by atoms with Gasteiger partial charge in [0.05, 0.1) is 32.7 Å². The summed E-state index contributed by atoms with van der Waals surface area (Å²) in [5, 5.41) is 9.75. The Bertz CT molecular complexity index is 1690. The van der Waals surface area contributed by atoms with E-state index in [0.717, 1.165) is 51.8 Å². The zero-order valence-electron chi connectivity index (χ0n) is 20.3. The van der Waals surface area contributed by atoms with Crippen LogP contribution in [0.25, 0.3) is 21.0 Å². The van der Waals surface area contributed by atoms with E-state index in [-0.39, 0.29) is 12.3 Å². The minimum Gasteiger partial charge on any atom is -0.366 e. The van der Waals surface area contributed by atoms with Gasteiger partial charge in [-0.1, -0.05) is 30.3 Å². The van der Waals surface area contributed by atoms with Crippen LogP contribution in [0.5, 0.6) is 0 Å². The Morgan fingerprint density at radius 2 is 1.92 bits per heavy atom. The Kier molecular flexibility index (Phi) is 5.98. The lowest BCUT2D eigenvalue weighted by Gasteiger charge is -2.14. The smallest absolute Gasteiger partial charge is 0.366 e. The lowest BCUT2D eigenvalue weighted by atomic mass is 9.99. The number of nitrogens with one attached hydrogen (secondary N) is 2. The molecule has 1 amide bonds. The largest absolute Gasteiger partial charge is 0.416 e. The van der Waals surface area contributed by atoms with Crippen LogP contribution in [0.4, 0.5) is 24.7 Å². The average Bonchev–Trinajstić information content (AvgIpc) is 3.60. The minimum atomic E-state index is -4.41. The van der Waals surface area contributed by atoms with Crippen LogP contribution in [0.1, 0.15) is 45.6 Å². The zero-order chi connectivity index (χ0) is 26.4. The first-order valence-corrected chi connectivity index (χ1v) is 13.0. The molecule has 38 heavy (non-hydrogen) atoms. The molecule has 1 aliphatic carbocycles. The molecule has 0 aliphatic heterocycles. The third-order valence-corrected chi connectivity index (χ3v) is 7.59. The van der Waals surface area contributed by atoms with Crippen LogP contribution < -0.4 is 10.6 Å². The van der Waals surface area contributed by atoms with Gasteiger partial charge in [-0.2, -0.15) is 13.2 Å². The number of rotatable bonds is 6. The number of carbonyl (C=O) groups excluding carboxylic acids is 1. The summed E-state index contributed by atoms with van der Waals surface area (Å²) in [6, 6.07) is 11.2. The fourth-order valence-electron chi connectivity index (χ4n) is 4.50. The number of thiophene rings is 1. The molecule has 2 aromatic carbocycles. The summed E-state index contributed by atoms with van der Waals surface area (Å²) in [5.74, 6) is 0.451. The van der Waals surface area contributed by atoms with Crippen molar-refractivity contribution in [3.05, 3.63) is 88.3 Å². The Morgan fingerprint density at radius 1 is 1.08 bits per heavy atom. The van der Waals surface area contributed by atoms with Crippen molar-refractivity contribution in [2.24, 2.45) is 0 Å². The Balaban J connectivity index is 1.33. The number of fused-ring (bicyclic) bond motifs is 2. The molecular weight excluding hydrogens is 511 g/mol. The third-order valence-electron chi connectivity index (χ3n) is 6.62. The van der Waals surface area contributed by atoms with Crippen LogP contribution in [0, 0.1) is 6.92 Å². The molecule has 192 valence electrons. The van der Waals surface area contributed by atoms with Gasteiger partial charge in [0.15, 0.2) is 0 Å². The quantitative estimate of drug-likeness (QED) is 0.246. The summed E-state index contributed by atoms with van der Waals surface area (Å²) in [6.07, 6.45) is 1.10. The number of amides is 1. The topological polar surface area (TPSA) is 79.8 Å². The maximum atomic E-state index is 13.4. The lowest BCUT2D eigenvalue weighted by Crippen LogP contribution is -2.13. The zero-order valence-corrected chi connectivity index (χ0v) is 21.1. The van der Waals surface area contributed by atoms with E-state index in [9.17, 15) is 18.0 Å². The highest BCUT2D eigenvalue weighted by Gasteiger charge is 2.30. The summed E-state index contributed by atoms with van der Waals surface area (Å²) in [5.41, 5.74) is 2.97. The third kappa shape index (κ3) is 4.67. The molecule has 3 heterocycles. The monoisotopic (exact) mass is 533 g/mol. The van der Waals surface area contributed by atoms with E-state index in [1.807, 2.05) is 19.1 Å². The van der Waals surface area contributed by atoms with Gasteiger partial charge in [0.25, 0.3) is 5.91 Å². The summed E-state index contributed by atoms with van der Waals surface area (Å²) >= 11 is 1.43. The SMILES string of the molecule is Cc1ccc2c(Cc3cccc(C(F)(F)F)c3)nccc2c1NC(=O)c1csc2c(NC3CC3)ncnc12. The molecule has 1 fully saturated rings. The van der Waals surface area contributed by atoms with Crippen LogP contribution in [-0.4, -0.2) is 26.9 Å². The molecule has 1 saturated carbocycles. The first-order chi connectivity index (χ1) is 18.3. The number of halogens is 3. The highest BCUT2D eigenvalue weighted by molar-refractivity contribution is 7.18. The summed E-state index contributed by atoms with van der Waals surface area (Å²) in [4.78, 5) is 26.6. The standard InChI is InChI=1S/C28H22F3N5OS/c1-15-5-8-19-20(9-10-32-22(19)12-16-3-2-4-17(11-16)28(29,30)31)23(15)36-27(37)21-13-38-25-24(21)33-14-34-26(25)35-18-6-7-18/h2-5,8-11,13-14,18H,6-7,12H2,1H3,(H,36,37)(H,33,34,35). The molecule has 0 saturated heterocycles. The van der Waals surface area contributed by atoms with Crippen molar-refractivity contribution in [3.63, 3.8) is 0 Å². The number of alkyl halides is 3. The molecule has 0 spiro atoms. The molecule has 2 N–H and O–H groups in total. The number of benzene rings is 2. The van der Waals surface area contributed by atoms with Crippen molar-refractivity contribution in [1.82, 2.24) is 15.0 Å². The van der Waals surface area contributed by atoms with E-state index in [4.69, 9.17) is 0 Å². The summed E-state index contributed by atoms with van der Waals surface area (Å²) in [7, 11) is 0. The van der Waals surface area contributed by atoms with Gasteiger partial charge in [0, 0.05) is 34.8 Å². The number of hydrogen-bond donors (Lipinski definition) is 2. The van der Waals surface area contributed by atoms with Gasteiger partial charge >= 0.3 is 6.18 Å². The van der Waals surface area contributed by atoms with Gasteiger partial charge in [-0.05, 0) is 43.0 Å². The number of carbonyl (C=O) groups is 1. The van der Waals surface area contributed by atoms with Crippen molar-refractivity contribution in [1.29, 1.82) is 0 Å².